The lowest BCUT2D eigenvalue weighted by molar-refractivity contribution is 0.322. The number of ether oxygens (including phenoxy) is 1. The molecule has 0 atom stereocenters. The summed E-state index contributed by atoms with van der Waals surface area (Å²) >= 11 is 5.91. The third-order valence-electron chi connectivity index (χ3n) is 2.44. The SMILES string of the molecule is N#Cc1ccc(OCCc2cccnc2)cc1Cl. The van der Waals surface area contributed by atoms with Crippen LogP contribution in [0, 0.1) is 11.3 Å². The van der Waals surface area contributed by atoms with Gasteiger partial charge in [-0.2, -0.15) is 5.26 Å². The summed E-state index contributed by atoms with van der Waals surface area (Å²) in [6, 6.07) is 11.0. The van der Waals surface area contributed by atoms with E-state index in [9.17, 15) is 0 Å². The van der Waals surface area contributed by atoms with Gasteiger partial charge in [0.15, 0.2) is 0 Å². The zero-order valence-corrected chi connectivity index (χ0v) is 10.4. The van der Waals surface area contributed by atoms with E-state index in [-0.39, 0.29) is 0 Å². The molecular formula is C14H11ClN2O. The van der Waals surface area contributed by atoms with Gasteiger partial charge in [0.25, 0.3) is 0 Å². The molecule has 18 heavy (non-hydrogen) atoms. The average molecular weight is 259 g/mol. The maximum absolute atomic E-state index is 8.75. The van der Waals surface area contributed by atoms with E-state index in [2.05, 4.69) is 4.98 Å². The molecule has 0 spiro atoms. The van der Waals surface area contributed by atoms with Crippen LogP contribution in [0.15, 0.2) is 42.7 Å². The minimum Gasteiger partial charge on any atom is -0.493 e. The first-order chi connectivity index (χ1) is 8.79. The van der Waals surface area contributed by atoms with E-state index in [1.807, 2.05) is 24.4 Å². The Morgan fingerprint density at radius 3 is 2.89 bits per heavy atom. The van der Waals surface area contributed by atoms with Crippen molar-refractivity contribution in [2.75, 3.05) is 6.61 Å². The van der Waals surface area contributed by atoms with E-state index < -0.39 is 0 Å². The van der Waals surface area contributed by atoms with Gasteiger partial charge in [0.05, 0.1) is 17.2 Å². The third kappa shape index (κ3) is 3.22. The Morgan fingerprint density at radius 1 is 1.33 bits per heavy atom. The Morgan fingerprint density at radius 2 is 2.22 bits per heavy atom. The van der Waals surface area contributed by atoms with E-state index in [1.165, 1.54) is 0 Å². The zero-order chi connectivity index (χ0) is 12.8. The Hall–Kier alpha value is -2.05. The fourth-order valence-electron chi connectivity index (χ4n) is 1.51. The number of hydrogen-bond acceptors (Lipinski definition) is 3. The summed E-state index contributed by atoms with van der Waals surface area (Å²) in [4.78, 5) is 4.03. The lowest BCUT2D eigenvalue weighted by Gasteiger charge is -2.06. The van der Waals surface area contributed by atoms with Crippen LogP contribution in [0.4, 0.5) is 0 Å². The number of pyridine rings is 1. The van der Waals surface area contributed by atoms with Crippen molar-refractivity contribution in [3.05, 3.63) is 58.9 Å². The minimum atomic E-state index is 0.413. The van der Waals surface area contributed by atoms with E-state index in [1.54, 1.807) is 24.4 Å². The molecule has 2 rings (SSSR count). The number of aromatic nitrogens is 1. The summed E-state index contributed by atoms with van der Waals surface area (Å²) in [5, 5.41) is 9.17. The largest absolute Gasteiger partial charge is 0.493 e. The van der Waals surface area contributed by atoms with Crippen LogP contribution < -0.4 is 4.74 Å². The van der Waals surface area contributed by atoms with Crippen LogP contribution >= 0.6 is 11.6 Å². The first kappa shape index (κ1) is 12.4. The van der Waals surface area contributed by atoms with Crippen molar-refractivity contribution in [1.29, 1.82) is 5.26 Å². The predicted molar refractivity (Wildman–Crippen MR) is 69.6 cm³/mol. The van der Waals surface area contributed by atoms with Gasteiger partial charge < -0.3 is 4.74 Å². The Kier molecular flexibility index (Phi) is 4.16. The molecular weight excluding hydrogens is 248 g/mol. The van der Waals surface area contributed by atoms with Crippen molar-refractivity contribution in [3.8, 4) is 11.8 Å². The molecule has 0 saturated heterocycles. The molecule has 1 heterocycles. The first-order valence-corrected chi connectivity index (χ1v) is 5.89. The van der Waals surface area contributed by atoms with E-state index in [4.69, 9.17) is 21.6 Å². The quantitative estimate of drug-likeness (QED) is 0.846. The molecule has 0 radical (unpaired) electrons. The third-order valence-corrected chi connectivity index (χ3v) is 2.76. The number of nitriles is 1. The smallest absolute Gasteiger partial charge is 0.120 e. The average Bonchev–Trinajstić information content (AvgIpc) is 2.40. The van der Waals surface area contributed by atoms with E-state index in [0.29, 0.717) is 22.9 Å². The summed E-state index contributed by atoms with van der Waals surface area (Å²) < 4.78 is 5.57. The summed E-state index contributed by atoms with van der Waals surface area (Å²) in [7, 11) is 0. The predicted octanol–water partition coefficient (Wildman–Crippen LogP) is 3.23. The Bertz CT molecular complexity index is 564. The van der Waals surface area contributed by atoms with Gasteiger partial charge in [-0.3, -0.25) is 4.98 Å². The van der Waals surface area contributed by atoms with Crippen LogP contribution in [-0.2, 0) is 6.42 Å². The van der Waals surface area contributed by atoms with Crippen LogP contribution in [0.25, 0.3) is 0 Å². The minimum absolute atomic E-state index is 0.413. The maximum atomic E-state index is 8.75. The van der Waals surface area contributed by atoms with Crippen molar-refractivity contribution in [2.24, 2.45) is 0 Å². The Labute approximate surface area is 111 Å². The second-order valence-corrected chi connectivity index (χ2v) is 4.12. The van der Waals surface area contributed by atoms with Crippen molar-refractivity contribution in [3.63, 3.8) is 0 Å². The van der Waals surface area contributed by atoms with Gasteiger partial charge >= 0.3 is 0 Å². The van der Waals surface area contributed by atoms with Gasteiger partial charge in [-0.05, 0) is 23.8 Å². The molecule has 0 aliphatic carbocycles. The van der Waals surface area contributed by atoms with Crippen LogP contribution in [0.1, 0.15) is 11.1 Å². The molecule has 0 fully saturated rings. The lowest BCUT2D eigenvalue weighted by Crippen LogP contribution is -2.01. The fourth-order valence-corrected chi connectivity index (χ4v) is 1.72. The molecule has 2 aromatic rings. The van der Waals surface area contributed by atoms with E-state index >= 15 is 0 Å². The molecule has 0 N–H and O–H groups in total. The van der Waals surface area contributed by atoms with Crippen molar-refractivity contribution in [2.45, 2.75) is 6.42 Å². The van der Waals surface area contributed by atoms with E-state index in [0.717, 1.165) is 12.0 Å². The molecule has 3 nitrogen and oxygen atoms in total. The number of rotatable bonds is 4. The van der Waals surface area contributed by atoms with Gasteiger partial charge in [0.2, 0.25) is 0 Å². The highest BCUT2D eigenvalue weighted by Crippen LogP contribution is 2.21. The highest BCUT2D eigenvalue weighted by Gasteiger charge is 2.01. The van der Waals surface area contributed by atoms with Gasteiger partial charge in [-0.25, -0.2) is 0 Å². The summed E-state index contributed by atoms with van der Waals surface area (Å²) in [5.74, 6) is 0.669. The van der Waals surface area contributed by atoms with Crippen LogP contribution in [0.5, 0.6) is 5.75 Å². The summed E-state index contributed by atoms with van der Waals surface area (Å²) in [6.07, 6.45) is 4.34. The number of nitrogens with zero attached hydrogens (tertiary/aromatic N) is 2. The van der Waals surface area contributed by atoms with Crippen LogP contribution in [0.2, 0.25) is 5.02 Å². The van der Waals surface area contributed by atoms with Crippen molar-refractivity contribution in [1.82, 2.24) is 4.98 Å². The number of halogens is 1. The number of benzene rings is 1. The molecule has 1 aromatic heterocycles. The maximum Gasteiger partial charge on any atom is 0.120 e. The van der Waals surface area contributed by atoms with Crippen molar-refractivity contribution < 1.29 is 4.74 Å². The zero-order valence-electron chi connectivity index (χ0n) is 9.64. The van der Waals surface area contributed by atoms with Gasteiger partial charge in [0, 0.05) is 24.9 Å². The summed E-state index contributed by atoms with van der Waals surface area (Å²) in [6.45, 7) is 0.550. The second kappa shape index (κ2) is 6.04. The Balaban J connectivity index is 1.91. The number of hydrogen-bond donors (Lipinski definition) is 0. The lowest BCUT2D eigenvalue weighted by atomic mass is 10.2. The molecule has 1 aromatic carbocycles. The molecule has 0 aliphatic heterocycles. The molecule has 0 aliphatic rings. The first-order valence-electron chi connectivity index (χ1n) is 5.51. The monoisotopic (exact) mass is 258 g/mol. The fraction of sp³-hybridized carbons (Fsp3) is 0.143. The van der Waals surface area contributed by atoms with Crippen molar-refractivity contribution >= 4 is 11.6 Å². The highest BCUT2D eigenvalue weighted by atomic mass is 35.5. The van der Waals surface area contributed by atoms with Crippen LogP contribution in [0.3, 0.4) is 0 Å². The molecule has 0 saturated carbocycles. The summed E-state index contributed by atoms with van der Waals surface area (Å²) in [5.41, 5.74) is 1.58. The van der Waals surface area contributed by atoms with Gasteiger partial charge in [-0.15, -0.1) is 0 Å². The molecule has 4 heteroatoms. The van der Waals surface area contributed by atoms with Crippen LogP contribution in [-0.4, -0.2) is 11.6 Å². The molecule has 0 unspecified atom stereocenters. The van der Waals surface area contributed by atoms with Gasteiger partial charge in [0.1, 0.15) is 11.8 Å². The molecule has 0 bridgehead atoms. The molecule has 90 valence electrons. The highest BCUT2D eigenvalue weighted by molar-refractivity contribution is 6.31. The topological polar surface area (TPSA) is 45.9 Å². The van der Waals surface area contributed by atoms with Gasteiger partial charge in [-0.1, -0.05) is 17.7 Å². The normalized spacial score (nSPS) is 9.78. The second-order valence-electron chi connectivity index (χ2n) is 3.71. The standard InChI is InChI=1S/C14H11ClN2O/c15-14-8-13(4-3-12(14)9-16)18-7-5-11-2-1-6-17-10-11/h1-4,6,8,10H,5,7H2. The molecule has 0 amide bonds.